The molecule has 0 aliphatic rings. The van der Waals surface area contributed by atoms with Crippen LogP contribution < -0.4 is 0 Å². The smallest absolute Gasteiger partial charge is 0.172 e. The summed E-state index contributed by atoms with van der Waals surface area (Å²) in [5, 5.41) is 26.9. The van der Waals surface area contributed by atoms with Crippen LogP contribution in [0.25, 0.3) is 17.1 Å². The molecule has 28 heavy (non-hydrogen) atoms. The lowest BCUT2D eigenvalue weighted by molar-refractivity contribution is 0.475. The van der Waals surface area contributed by atoms with Crippen molar-refractivity contribution in [2.24, 2.45) is 0 Å². The second-order valence-corrected chi connectivity index (χ2v) is 7.30. The quantitative estimate of drug-likeness (QED) is 0.230. The molecule has 0 saturated heterocycles. The van der Waals surface area contributed by atoms with Gasteiger partial charge in [-0.3, -0.25) is 5.41 Å². The number of phenols is 1. The van der Waals surface area contributed by atoms with Crippen molar-refractivity contribution in [1.29, 1.82) is 5.41 Å². The first kappa shape index (κ1) is 18.0. The van der Waals surface area contributed by atoms with Gasteiger partial charge in [0.25, 0.3) is 0 Å². The third kappa shape index (κ3) is 3.96. The van der Waals surface area contributed by atoms with Gasteiger partial charge in [0.15, 0.2) is 11.0 Å². The van der Waals surface area contributed by atoms with E-state index in [4.69, 9.17) is 5.41 Å². The number of hydrogen-bond acceptors (Lipinski definition) is 6. The molecule has 4 aromatic rings. The monoisotopic (exact) mass is 390 g/mol. The maximum Gasteiger partial charge on any atom is 0.172 e. The van der Waals surface area contributed by atoms with Crippen LogP contribution in [0.2, 0.25) is 0 Å². The minimum atomic E-state index is 0.0135. The molecule has 1 atom stereocenters. The highest BCUT2D eigenvalue weighted by Crippen LogP contribution is 2.23. The Labute approximate surface area is 165 Å². The van der Waals surface area contributed by atoms with Gasteiger partial charge >= 0.3 is 0 Å². The first-order valence-corrected chi connectivity index (χ1v) is 9.51. The molecule has 8 heteroatoms. The topological polar surface area (TPSA) is 114 Å². The lowest BCUT2D eigenvalue weighted by Gasteiger charge is -2.07. The predicted octanol–water partition coefficient (Wildman–Crippen LogP) is 4.32. The van der Waals surface area contributed by atoms with Crippen LogP contribution in [-0.4, -0.2) is 35.3 Å². The number of benzene rings is 2. The SMILES string of the molecule is C[C@@H](c1ccc(O)cc1)c1nnc(/C=C\C(=N)Sc2nc3ccccc3[nH]2)[nH]1. The van der Waals surface area contributed by atoms with E-state index in [1.54, 1.807) is 24.3 Å². The van der Waals surface area contributed by atoms with Crippen LogP contribution in [0.15, 0.2) is 59.8 Å². The molecule has 0 spiro atoms. The number of imidazole rings is 1. The van der Waals surface area contributed by atoms with E-state index in [1.165, 1.54) is 11.8 Å². The molecule has 140 valence electrons. The molecule has 2 aromatic carbocycles. The van der Waals surface area contributed by atoms with E-state index in [0.29, 0.717) is 16.0 Å². The molecule has 0 saturated carbocycles. The molecular formula is C20H18N6OS. The standard InChI is InChI=1S/C20H18N6OS/c1-12(13-6-8-14(27)9-7-13)19-24-18(25-26-19)11-10-17(21)28-20-22-15-4-2-3-5-16(15)23-20/h2-12,21,27H,1H3,(H,22,23)(H,24,25,26)/b11-10-,21-17?/t12-/m0/s1. The predicted molar refractivity (Wildman–Crippen MR) is 111 cm³/mol. The number of phenolic OH excluding ortho intramolecular Hbond substituents is 1. The van der Waals surface area contributed by atoms with Crippen molar-refractivity contribution >= 4 is 33.9 Å². The summed E-state index contributed by atoms with van der Waals surface area (Å²) in [5.74, 6) is 1.55. The number of hydrogen-bond donors (Lipinski definition) is 4. The van der Waals surface area contributed by atoms with Crippen molar-refractivity contribution in [3.63, 3.8) is 0 Å². The third-order valence-corrected chi connectivity index (χ3v) is 5.03. The Kier molecular flexibility index (Phi) is 4.94. The van der Waals surface area contributed by atoms with E-state index in [2.05, 4.69) is 25.1 Å². The Bertz CT molecular complexity index is 1110. The highest BCUT2D eigenvalue weighted by molar-refractivity contribution is 8.14. The van der Waals surface area contributed by atoms with E-state index in [1.807, 2.05) is 43.3 Å². The summed E-state index contributed by atoms with van der Waals surface area (Å²) in [6.07, 6.45) is 3.38. The molecule has 4 rings (SSSR count). The van der Waals surface area contributed by atoms with Gasteiger partial charge in [0.2, 0.25) is 0 Å². The third-order valence-electron chi connectivity index (χ3n) is 4.29. The zero-order chi connectivity index (χ0) is 19.5. The summed E-state index contributed by atoms with van der Waals surface area (Å²) in [4.78, 5) is 10.8. The minimum Gasteiger partial charge on any atom is -0.508 e. The van der Waals surface area contributed by atoms with Gasteiger partial charge in [0.05, 0.1) is 16.1 Å². The fourth-order valence-corrected chi connectivity index (χ4v) is 3.40. The average molecular weight is 390 g/mol. The van der Waals surface area contributed by atoms with Crippen molar-refractivity contribution < 1.29 is 5.11 Å². The average Bonchev–Trinajstić information content (AvgIpc) is 3.33. The molecular weight excluding hydrogens is 372 g/mol. The molecule has 7 nitrogen and oxygen atoms in total. The number of nitrogens with one attached hydrogen (secondary N) is 3. The Morgan fingerprint density at radius 1 is 1.11 bits per heavy atom. The fraction of sp³-hybridized carbons (Fsp3) is 0.100. The molecule has 0 radical (unpaired) electrons. The van der Waals surface area contributed by atoms with Gasteiger partial charge in [-0.25, -0.2) is 4.98 Å². The normalized spacial score (nSPS) is 12.6. The van der Waals surface area contributed by atoms with Crippen molar-refractivity contribution in [2.45, 2.75) is 18.0 Å². The second kappa shape index (κ2) is 7.69. The van der Waals surface area contributed by atoms with Gasteiger partial charge in [-0.2, -0.15) is 0 Å². The number of aromatic amines is 2. The van der Waals surface area contributed by atoms with Gasteiger partial charge in [-0.15, -0.1) is 10.2 Å². The number of nitrogens with zero attached hydrogens (tertiary/aromatic N) is 3. The molecule has 0 amide bonds. The molecule has 2 heterocycles. The van der Waals surface area contributed by atoms with Gasteiger partial charge in [-0.05, 0) is 53.7 Å². The van der Waals surface area contributed by atoms with Crippen LogP contribution in [0, 0.1) is 5.41 Å². The zero-order valence-electron chi connectivity index (χ0n) is 15.0. The molecule has 0 aliphatic carbocycles. The fourth-order valence-electron chi connectivity index (χ4n) is 2.75. The van der Waals surface area contributed by atoms with Gasteiger partial charge in [0.1, 0.15) is 11.6 Å². The van der Waals surface area contributed by atoms with Gasteiger partial charge < -0.3 is 15.1 Å². The van der Waals surface area contributed by atoms with Crippen LogP contribution in [0.3, 0.4) is 0 Å². The van der Waals surface area contributed by atoms with Crippen LogP contribution in [0.5, 0.6) is 5.75 Å². The van der Waals surface area contributed by atoms with Crippen molar-refractivity contribution in [2.75, 3.05) is 0 Å². The molecule has 0 aliphatic heterocycles. The number of aromatic hydroxyl groups is 1. The lowest BCUT2D eigenvalue weighted by atomic mass is 10.0. The van der Waals surface area contributed by atoms with Crippen molar-refractivity contribution in [3.8, 4) is 5.75 Å². The molecule has 2 aromatic heterocycles. The van der Waals surface area contributed by atoms with Crippen LogP contribution in [-0.2, 0) is 0 Å². The summed E-state index contributed by atoms with van der Waals surface area (Å²) >= 11 is 1.24. The van der Waals surface area contributed by atoms with Gasteiger partial charge in [-0.1, -0.05) is 31.2 Å². The van der Waals surface area contributed by atoms with Gasteiger partial charge in [0, 0.05) is 5.92 Å². The van der Waals surface area contributed by atoms with Crippen LogP contribution in [0.1, 0.15) is 30.1 Å². The Morgan fingerprint density at radius 3 is 2.68 bits per heavy atom. The van der Waals surface area contributed by atoms with E-state index in [0.717, 1.165) is 22.4 Å². The Morgan fingerprint density at radius 2 is 1.89 bits per heavy atom. The van der Waals surface area contributed by atoms with Crippen molar-refractivity contribution in [3.05, 3.63) is 71.8 Å². The second-order valence-electron chi connectivity index (χ2n) is 6.27. The highest BCUT2D eigenvalue weighted by Gasteiger charge is 2.13. The number of thioether (sulfide) groups is 1. The van der Waals surface area contributed by atoms with E-state index >= 15 is 0 Å². The summed E-state index contributed by atoms with van der Waals surface area (Å²) < 4.78 is 0. The number of rotatable bonds is 5. The first-order valence-electron chi connectivity index (χ1n) is 8.69. The molecule has 4 N–H and O–H groups in total. The Hall–Kier alpha value is -3.39. The molecule has 0 fully saturated rings. The maximum absolute atomic E-state index is 9.41. The number of para-hydroxylation sites is 2. The summed E-state index contributed by atoms with van der Waals surface area (Å²) in [5.41, 5.74) is 2.85. The first-order chi connectivity index (χ1) is 13.6. The van der Waals surface area contributed by atoms with E-state index in [9.17, 15) is 5.11 Å². The lowest BCUT2D eigenvalue weighted by Crippen LogP contribution is -1.98. The maximum atomic E-state index is 9.41. The zero-order valence-corrected chi connectivity index (χ0v) is 15.9. The number of fused-ring (bicyclic) bond motifs is 1. The summed E-state index contributed by atoms with van der Waals surface area (Å²) in [7, 11) is 0. The van der Waals surface area contributed by atoms with Crippen LogP contribution >= 0.6 is 11.8 Å². The molecule has 0 bridgehead atoms. The van der Waals surface area contributed by atoms with Crippen LogP contribution in [0.4, 0.5) is 0 Å². The number of H-pyrrole nitrogens is 2. The summed E-state index contributed by atoms with van der Waals surface area (Å²) in [6, 6.07) is 14.8. The largest absolute Gasteiger partial charge is 0.508 e. The minimum absolute atomic E-state index is 0.0135. The van der Waals surface area contributed by atoms with Crippen molar-refractivity contribution in [1.82, 2.24) is 25.1 Å². The van der Waals surface area contributed by atoms with E-state index in [-0.39, 0.29) is 11.7 Å². The highest BCUT2D eigenvalue weighted by atomic mass is 32.2. The van der Waals surface area contributed by atoms with E-state index < -0.39 is 0 Å². The number of aromatic nitrogens is 5. The summed E-state index contributed by atoms with van der Waals surface area (Å²) in [6.45, 7) is 2.01. The Balaban J connectivity index is 1.41. The molecule has 0 unspecified atom stereocenters.